The molecule has 0 unspecified atom stereocenters. The third-order valence-corrected chi connectivity index (χ3v) is 9.36. The van der Waals surface area contributed by atoms with Crippen LogP contribution in [0.25, 0.3) is 84.0 Å². The van der Waals surface area contributed by atoms with E-state index < -0.39 is 0 Å². The molecule has 0 aliphatic rings. The van der Waals surface area contributed by atoms with Crippen molar-refractivity contribution in [2.24, 2.45) is 0 Å². The first-order valence-corrected chi connectivity index (χ1v) is 16.6. The zero-order chi connectivity index (χ0) is 34.1. The standard InChI is InChI=1S/C43H26F2N6/c44-27-11-9-13-29(23-27)50-40-21-7-3-17-34(40)47-42(50)36-25-31(49-38-19-5-1-15-32(38)33-16-2-6-20-39(33)49)26-37(46-36)43-48-35-18-4-8-22-41(35)51(43)30-14-10-12-28(45)24-30/h1-26H. The van der Waals surface area contributed by atoms with Crippen molar-refractivity contribution >= 4 is 43.9 Å². The Morgan fingerprint density at radius 2 is 0.784 bits per heavy atom. The lowest BCUT2D eigenvalue weighted by Gasteiger charge is -2.15. The average Bonchev–Trinajstić information content (AvgIpc) is 3.85. The topological polar surface area (TPSA) is 53.5 Å². The molecular weight excluding hydrogens is 639 g/mol. The van der Waals surface area contributed by atoms with Crippen LogP contribution in [0.3, 0.4) is 0 Å². The largest absolute Gasteiger partial charge is 0.309 e. The summed E-state index contributed by atoms with van der Waals surface area (Å²) in [4.78, 5) is 15.5. The first-order valence-electron chi connectivity index (χ1n) is 16.6. The lowest BCUT2D eigenvalue weighted by molar-refractivity contribution is 0.626. The highest BCUT2D eigenvalue weighted by Gasteiger charge is 2.23. The van der Waals surface area contributed by atoms with Crippen molar-refractivity contribution < 1.29 is 8.78 Å². The first kappa shape index (κ1) is 29.0. The van der Waals surface area contributed by atoms with Gasteiger partial charge in [0, 0.05) is 10.8 Å². The summed E-state index contributed by atoms with van der Waals surface area (Å²) in [5, 5.41) is 2.24. The van der Waals surface area contributed by atoms with E-state index in [1.54, 1.807) is 12.1 Å². The van der Waals surface area contributed by atoms with Crippen molar-refractivity contribution in [2.75, 3.05) is 0 Å². The van der Waals surface area contributed by atoms with Gasteiger partial charge in [-0.05, 0) is 84.9 Å². The Hall–Kier alpha value is -6.93. The van der Waals surface area contributed by atoms with Crippen molar-refractivity contribution in [3.63, 3.8) is 0 Å². The summed E-state index contributed by atoms with van der Waals surface area (Å²) in [6.45, 7) is 0. The van der Waals surface area contributed by atoms with Crippen LogP contribution in [0.1, 0.15) is 0 Å². The van der Waals surface area contributed by atoms with Gasteiger partial charge in [-0.1, -0.05) is 72.8 Å². The maximum absolute atomic E-state index is 14.8. The normalized spacial score (nSPS) is 11.7. The van der Waals surface area contributed by atoms with Crippen molar-refractivity contribution in [3.8, 4) is 40.1 Å². The van der Waals surface area contributed by atoms with Crippen LogP contribution in [0, 0.1) is 11.6 Å². The fourth-order valence-electron chi connectivity index (χ4n) is 7.22. The Bertz CT molecular complexity index is 2780. The number of benzene rings is 6. The molecule has 0 aliphatic carbocycles. The van der Waals surface area contributed by atoms with Crippen LogP contribution < -0.4 is 0 Å². The molecular formula is C43H26F2N6. The monoisotopic (exact) mass is 664 g/mol. The van der Waals surface area contributed by atoms with Crippen LogP contribution in [-0.4, -0.2) is 28.7 Å². The third kappa shape index (κ3) is 4.64. The van der Waals surface area contributed by atoms with Crippen LogP contribution in [0.2, 0.25) is 0 Å². The van der Waals surface area contributed by atoms with E-state index in [1.165, 1.54) is 24.3 Å². The van der Waals surface area contributed by atoms with Gasteiger partial charge in [-0.15, -0.1) is 0 Å². The fraction of sp³-hybridized carbons (Fsp3) is 0. The number of rotatable bonds is 5. The Morgan fingerprint density at radius 1 is 0.353 bits per heavy atom. The van der Waals surface area contributed by atoms with Crippen LogP contribution in [-0.2, 0) is 0 Å². The Balaban J connectivity index is 1.33. The molecule has 6 nitrogen and oxygen atoms in total. The van der Waals surface area contributed by atoms with E-state index in [9.17, 15) is 8.78 Å². The fourth-order valence-corrected chi connectivity index (χ4v) is 7.22. The summed E-state index contributed by atoms with van der Waals surface area (Å²) in [5.41, 5.74) is 8.37. The van der Waals surface area contributed by atoms with Crippen LogP contribution >= 0.6 is 0 Å². The van der Waals surface area contributed by atoms with E-state index in [-0.39, 0.29) is 11.6 Å². The lowest BCUT2D eigenvalue weighted by Crippen LogP contribution is -2.05. The molecule has 0 amide bonds. The van der Waals surface area contributed by atoms with Gasteiger partial charge in [-0.25, -0.2) is 23.7 Å². The molecule has 242 valence electrons. The third-order valence-electron chi connectivity index (χ3n) is 9.36. The van der Waals surface area contributed by atoms with Crippen LogP contribution in [0.4, 0.5) is 8.78 Å². The maximum Gasteiger partial charge on any atom is 0.164 e. The molecule has 6 aromatic carbocycles. The predicted octanol–water partition coefficient (Wildman–Crippen LogP) is 10.5. The molecule has 8 heteroatoms. The number of pyridine rings is 1. The van der Waals surface area contributed by atoms with Gasteiger partial charge in [0.15, 0.2) is 11.6 Å². The molecule has 4 aromatic heterocycles. The Labute approximate surface area is 290 Å². The molecule has 0 atom stereocenters. The maximum atomic E-state index is 14.8. The second-order valence-corrected chi connectivity index (χ2v) is 12.4. The number of aromatic nitrogens is 6. The predicted molar refractivity (Wildman–Crippen MR) is 199 cm³/mol. The highest BCUT2D eigenvalue weighted by molar-refractivity contribution is 6.09. The first-order chi connectivity index (χ1) is 25.1. The minimum absolute atomic E-state index is 0.354. The van der Waals surface area contributed by atoms with Crippen molar-refractivity contribution in [3.05, 3.63) is 169 Å². The van der Waals surface area contributed by atoms with E-state index in [1.807, 2.05) is 106 Å². The summed E-state index contributed by atoms with van der Waals surface area (Å²) in [5.74, 6) is 0.374. The van der Waals surface area contributed by atoms with Gasteiger partial charge in [0.2, 0.25) is 0 Å². The summed E-state index contributed by atoms with van der Waals surface area (Å²) in [7, 11) is 0. The van der Waals surface area contributed by atoms with Gasteiger partial charge in [-0.2, -0.15) is 0 Å². The number of hydrogen-bond donors (Lipinski definition) is 0. The molecule has 0 N–H and O–H groups in total. The second kappa shape index (κ2) is 11.3. The number of imidazole rings is 2. The van der Waals surface area contributed by atoms with Gasteiger partial charge >= 0.3 is 0 Å². The summed E-state index contributed by atoms with van der Waals surface area (Å²) in [6, 6.07) is 49.2. The summed E-state index contributed by atoms with van der Waals surface area (Å²) < 4.78 is 35.6. The summed E-state index contributed by atoms with van der Waals surface area (Å²) >= 11 is 0. The van der Waals surface area contributed by atoms with Crippen LogP contribution in [0.15, 0.2) is 158 Å². The molecule has 0 saturated carbocycles. The van der Waals surface area contributed by atoms with E-state index in [2.05, 4.69) is 28.8 Å². The molecule has 0 fully saturated rings. The van der Waals surface area contributed by atoms with Crippen molar-refractivity contribution in [2.45, 2.75) is 0 Å². The zero-order valence-electron chi connectivity index (χ0n) is 27.0. The quantitative estimate of drug-likeness (QED) is 0.184. The molecule has 10 rings (SSSR count). The molecule has 0 radical (unpaired) electrons. The van der Waals surface area contributed by atoms with E-state index in [0.717, 1.165) is 49.6 Å². The van der Waals surface area contributed by atoms with Gasteiger partial charge < -0.3 is 4.57 Å². The highest BCUT2D eigenvalue weighted by atomic mass is 19.1. The molecule has 0 spiro atoms. The number of halogens is 2. The Kier molecular flexibility index (Phi) is 6.44. The van der Waals surface area contributed by atoms with Gasteiger partial charge in [0.05, 0.1) is 50.2 Å². The van der Waals surface area contributed by atoms with Gasteiger partial charge in [0.25, 0.3) is 0 Å². The van der Waals surface area contributed by atoms with E-state index in [4.69, 9.17) is 15.0 Å². The van der Waals surface area contributed by atoms with Crippen molar-refractivity contribution in [1.29, 1.82) is 0 Å². The number of hydrogen-bond acceptors (Lipinski definition) is 3. The molecule has 0 aliphatic heterocycles. The minimum Gasteiger partial charge on any atom is -0.309 e. The molecule has 51 heavy (non-hydrogen) atoms. The summed E-state index contributed by atoms with van der Waals surface area (Å²) in [6.07, 6.45) is 0. The number of nitrogens with zero attached hydrogens (tertiary/aromatic N) is 6. The lowest BCUT2D eigenvalue weighted by atomic mass is 10.2. The molecule has 0 saturated heterocycles. The molecule has 10 aromatic rings. The SMILES string of the molecule is Fc1cccc(-n2c(-c3cc(-n4c5ccccc5c5ccccc54)cc(-c4nc5ccccc5n4-c4cccc(F)c4)n3)nc3ccccc32)c1. The average molecular weight is 665 g/mol. The van der Waals surface area contributed by atoms with Gasteiger partial charge in [0.1, 0.15) is 23.0 Å². The highest BCUT2D eigenvalue weighted by Crippen LogP contribution is 2.37. The smallest absolute Gasteiger partial charge is 0.164 e. The van der Waals surface area contributed by atoms with Gasteiger partial charge in [-0.3, -0.25) is 9.13 Å². The Morgan fingerprint density at radius 3 is 1.25 bits per heavy atom. The number of fused-ring (bicyclic) bond motifs is 5. The second-order valence-electron chi connectivity index (χ2n) is 12.4. The van der Waals surface area contributed by atoms with E-state index >= 15 is 0 Å². The van der Waals surface area contributed by atoms with Crippen molar-refractivity contribution in [1.82, 2.24) is 28.7 Å². The minimum atomic E-state index is -0.354. The zero-order valence-corrected chi connectivity index (χ0v) is 27.0. The molecule has 4 heterocycles. The van der Waals surface area contributed by atoms with Crippen LogP contribution in [0.5, 0.6) is 0 Å². The molecule has 0 bridgehead atoms. The number of para-hydroxylation sites is 6. The van der Waals surface area contributed by atoms with E-state index in [0.29, 0.717) is 34.4 Å².